The average molecular weight is 421 g/mol. The van der Waals surface area contributed by atoms with Gasteiger partial charge in [0.15, 0.2) is 11.5 Å². The summed E-state index contributed by atoms with van der Waals surface area (Å²) in [6, 6.07) is 5.73. The maximum Gasteiger partial charge on any atom is 0.257 e. The highest BCUT2D eigenvalue weighted by Gasteiger charge is 2.24. The summed E-state index contributed by atoms with van der Waals surface area (Å²) in [5.41, 5.74) is 4.14. The first kappa shape index (κ1) is 19.5. The van der Waals surface area contributed by atoms with E-state index < -0.39 is 5.82 Å². The van der Waals surface area contributed by atoms with E-state index >= 15 is 0 Å². The predicted molar refractivity (Wildman–Crippen MR) is 118 cm³/mol. The number of carbonyl (C=O) groups excluding carboxylic acids is 1. The van der Waals surface area contributed by atoms with Crippen LogP contribution in [0, 0.1) is 12.7 Å². The van der Waals surface area contributed by atoms with E-state index in [1.165, 1.54) is 6.07 Å². The van der Waals surface area contributed by atoms with E-state index in [0.717, 1.165) is 24.3 Å². The second kappa shape index (κ2) is 7.35. The molecule has 0 aliphatic carbocycles. The van der Waals surface area contributed by atoms with Gasteiger partial charge < -0.3 is 24.9 Å². The van der Waals surface area contributed by atoms with Crippen molar-refractivity contribution in [2.45, 2.75) is 32.9 Å². The molecule has 1 fully saturated rings. The molecule has 1 aliphatic heterocycles. The Bertz CT molecular complexity index is 1280. The molecule has 4 aromatic rings. The fraction of sp³-hybridized carbons (Fsp3) is 0.318. The Labute approximate surface area is 178 Å². The van der Waals surface area contributed by atoms with Crippen LogP contribution in [0.25, 0.3) is 16.7 Å². The van der Waals surface area contributed by atoms with Crippen molar-refractivity contribution in [1.29, 1.82) is 0 Å². The van der Waals surface area contributed by atoms with Gasteiger partial charge >= 0.3 is 0 Å². The van der Waals surface area contributed by atoms with E-state index in [1.54, 1.807) is 36.1 Å². The van der Waals surface area contributed by atoms with E-state index in [1.807, 2.05) is 6.07 Å². The number of benzene rings is 1. The Morgan fingerprint density at radius 3 is 2.77 bits per heavy atom. The van der Waals surface area contributed by atoms with E-state index in [0.29, 0.717) is 34.5 Å². The second-order valence-corrected chi connectivity index (χ2v) is 8.28. The molecule has 1 amide bonds. The fourth-order valence-corrected chi connectivity index (χ4v) is 4.43. The summed E-state index contributed by atoms with van der Waals surface area (Å²) in [6.07, 6.45) is 4.96. The standard InChI is InChI=1S/C22H24FN7O/c1-12-7-29(8-13(2)26-12)18-5-4-16(19-20(18)25-11-24-19)22(31)28-15-6-17(23)21-27-14(3)9-30(21)10-15/h4-6,9-13,26H,7-8H2,1-3H3,(H,24,25)(H,28,31). The first-order valence-electron chi connectivity index (χ1n) is 10.3. The van der Waals surface area contributed by atoms with Gasteiger partial charge in [-0.2, -0.15) is 0 Å². The number of hydrogen-bond donors (Lipinski definition) is 3. The molecule has 0 spiro atoms. The first-order chi connectivity index (χ1) is 14.9. The fourth-order valence-electron chi connectivity index (χ4n) is 4.43. The summed E-state index contributed by atoms with van der Waals surface area (Å²) in [5, 5.41) is 6.32. The van der Waals surface area contributed by atoms with E-state index in [2.05, 4.69) is 44.3 Å². The lowest BCUT2D eigenvalue weighted by molar-refractivity contribution is 0.102. The number of carbonyl (C=O) groups is 1. The van der Waals surface area contributed by atoms with Crippen LogP contribution in [0.15, 0.2) is 36.9 Å². The van der Waals surface area contributed by atoms with Crippen molar-refractivity contribution in [3.63, 3.8) is 0 Å². The number of aryl methyl sites for hydroxylation is 1. The number of pyridine rings is 1. The molecule has 2 unspecified atom stereocenters. The predicted octanol–water partition coefficient (Wildman–Crippen LogP) is 3.10. The number of nitrogens with zero attached hydrogens (tertiary/aromatic N) is 4. The van der Waals surface area contributed by atoms with Crippen molar-refractivity contribution in [1.82, 2.24) is 24.7 Å². The number of anilines is 2. The topological polar surface area (TPSA) is 90.3 Å². The van der Waals surface area contributed by atoms with Gasteiger partial charge in [-0.3, -0.25) is 4.79 Å². The van der Waals surface area contributed by atoms with Crippen molar-refractivity contribution >= 4 is 34.0 Å². The van der Waals surface area contributed by atoms with Crippen molar-refractivity contribution < 1.29 is 9.18 Å². The Balaban J connectivity index is 1.47. The Morgan fingerprint density at radius 2 is 2.00 bits per heavy atom. The molecule has 1 aromatic carbocycles. The number of halogens is 1. The third-order valence-corrected chi connectivity index (χ3v) is 5.59. The van der Waals surface area contributed by atoms with Crippen LogP contribution in [0.4, 0.5) is 15.8 Å². The Morgan fingerprint density at radius 1 is 1.23 bits per heavy atom. The maximum atomic E-state index is 14.4. The lowest BCUT2D eigenvalue weighted by Gasteiger charge is -2.37. The van der Waals surface area contributed by atoms with Crippen LogP contribution >= 0.6 is 0 Å². The molecule has 0 saturated carbocycles. The van der Waals surface area contributed by atoms with E-state index in [-0.39, 0.29) is 11.6 Å². The molecule has 31 heavy (non-hydrogen) atoms. The second-order valence-electron chi connectivity index (χ2n) is 8.28. The van der Waals surface area contributed by atoms with Crippen molar-refractivity contribution in [2.75, 3.05) is 23.3 Å². The summed E-state index contributed by atoms with van der Waals surface area (Å²) < 4.78 is 15.9. The lowest BCUT2D eigenvalue weighted by atomic mass is 10.1. The highest BCUT2D eigenvalue weighted by atomic mass is 19.1. The molecule has 1 aliphatic rings. The number of fused-ring (bicyclic) bond motifs is 2. The molecule has 1 saturated heterocycles. The van der Waals surface area contributed by atoms with Gasteiger partial charge in [-0.25, -0.2) is 14.4 Å². The van der Waals surface area contributed by atoms with Crippen molar-refractivity contribution in [3.05, 3.63) is 54.0 Å². The van der Waals surface area contributed by atoms with Gasteiger partial charge in [0, 0.05) is 43.6 Å². The van der Waals surface area contributed by atoms with Gasteiger partial charge in [0.1, 0.15) is 5.52 Å². The number of piperazine rings is 1. The number of H-pyrrole nitrogens is 1. The summed E-state index contributed by atoms with van der Waals surface area (Å²) in [5.74, 6) is -0.839. The number of imidazole rings is 2. The minimum absolute atomic E-state index is 0.231. The van der Waals surface area contributed by atoms with Crippen molar-refractivity contribution in [2.24, 2.45) is 0 Å². The molecular formula is C22H24FN7O. The number of hydrogen-bond acceptors (Lipinski definition) is 5. The van der Waals surface area contributed by atoms with Crippen molar-refractivity contribution in [3.8, 4) is 0 Å². The number of nitrogens with one attached hydrogen (secondary N) is 3. The molecule has 4 heterocycles. The molecule has 3 aromatic heterocycles. The summed E-state index contributed by atoms with van der Waals surface area (Å²) in [7, 11) is 0. The molecule has 0 bridgehead atoms. The molecule has 0 radical (unpaired) electrons. The highest BCUT2D eigenvalue weighted by Crippen LogP contribution is 2.29. The van der Waals surface area contributed by atoms with Crippen LogP contribution in [0.3, 0.4) is 0 Å². The maximum absolute atomic E-state index is 14.4. The third-order valence-electron chi connectivity index (χ3n) is 5.59. The van der Waals surface area contributed by atoms with Gasteiger partial charge in [0.25, 0.3) is 5.91 Å². The average Bonchev–Trinajstić information content (AvgIpc) is 3.33. The van der Waals surface area contributed by atoms with Crippen LogP contribution in [-0.4, -0.2) is 50.4 Å². The van der Waals surface area contributed by atoms with Gasteiger partial charge in [-0.05, 0) is 32.9 Å². The van der Waals surface area contributed by atoms with Crippen LogP contribution < -0.4 is 15.5 Å². The first-order valence-corrected chi connectivity index (χ1v) is 10.3. The van der Waals surface area contributed by atoms with Gasteiger partial charge in [0.2, 0.25) is 0 Å². The molecule has 3 N–H and O–H groups in total. The van der Waals surface area contributed by atoms with Crippen LogP contribution in [0.5, 0.6) is 0 Å². The third kappa shape index (κ3) is 3.50. The minimum atomic E-state index is -0.492. The zero-order chi connectivity index (χ0) is 21.7. The Kier molecular flexibility index (Phi) is 4.62. The molecule has 2 atom stereocenters. The molecule has 160 valence electrons. The van der Waals surface area contributed by atoms with Crippen LogP contribution in [0.1, 0.15) is 29.9 Å². The highest BCUT2D eigenvalue weighted by molar-refractivity contribution is 6.13. The number of amides is 1. The summed E-state index contributed by atoms with van der Waals surface area (Å²) in [6.45, 7) is 7.85. The normalized spacial score (nSPS) is 19.3. The summed E-state index contributed by atoms with van der Waals surface area (Å²) in [4.78, 5) is 27.1. The monoisotopic (exact) mass is 421 g/mol. The van der Waals surface area contributed by atoms with Gasteiger partial charge in [-0.15, -0.1) is 0 Å². The SMILES string of the molecule is Cc1cn2cc(NC(=O)c3ccc(N4CC(C)NC(C)C4)c4[nH]cnc34)cc(F)c2n1. The number of rotatable bonds is 3. The number of aromatic amines is 1. The molecule has 8 nitrogen and oxygen atoms in total. The quantitative estimate of drug-likeness (QED) is 0.473. The largest absolute Gasteiger partial charge is 0.367 e. The zero-order valence-corrected chi connectivity index (χ0v) is 17.6. The summed E-state index contributed by atoms with van der Waals surface area (Å²) >= 11 is 0. The van der Waals surface area contributed by atoms with Gasteiger partial charge in [-0.1, -0.05) is 0 Å². The van der Waals surface area contributed by atoms with Gasteiger partial charge in [0.05, 0.1) is 34.5 Å². The lowest BCUT2D eigenvalue weighted by Crippen LogP contribution is -2.54. The van der Waals surface area contributed by atoms with E-state index in [4.69, 9.17) is 0 Å². The smallest absolute Gasteiger partial charge is 0.257 e. The molecular weight excluding hydrogens is 397 g/mol. The number of aromatic nitrogens is 4. The molecule has 9 heteroatoms. The molecule has 5 rings (SSSR count). The zero-order valence-electron chi connectivity index (χ0n) is 17.6. The van der Waals surface area contributed by atoms with Crippen LogP contribution in [0.2, 0.25) is 0 Å². The minimum Gasteiger partial charge on any atom is -0.367 e. The Hall–Kier alpha value is -3.46. The van der Waals surface area contributed by atoms with Crippen LogP contribution in [-0.2, 0) is 0 Å². The van der Waals surface area contributed by atoms with E-state index in [9.17, 15) is 9.18 Å².